The molecule has 0 saturated carbocycles. The highest BCUT2D eigenvalue weighted by Gasteiger charge is 2.11. The largest absolute Gasteiger partial charge is 0.493 e. The maximum Gasteiger partial charge on any atom is 0.294 e. The maximum atomic E-state index is 10.4. The molecule has 1 heterocycles. The average molecular weight is 565 g/mol. The zero-order valence-electron chi connectivity index (χ0n) is 22.0. The first-order valence-electron chi connectivity index (χ1n) is 12.7. The Morgan fingerprint density at radius 2 is 1.45 bits per heavy atom. The number of aliphatic hydroxyl groups excluding tert-OH is 1. The van der Waals surface area contributed by atoms with E-state index in [0.29, 0.717) is 31.2 Å². The van der Waals surface area contributed by atoms with Crippen LogP contribution in [0.3, 0.4) is 0 Å². The number of aromatic amines is 1. The summed E-state index contributed by atoms with van der Waals surface area (Å²) in [7, 11) is -2.38. The third kappa shape index (κ3) is 7.73. The van der Waals surface area contributed by atoms with Gasteiger partial charge >= 0.3 is 0 Å². The van der Waals surface area contributed by atoms with Crippen molar-refractivity contribution in [1.82, 2.24) is 10.3 Å². The van der Waals surface area contributed by atoms with E-state index in [1.54, 1.807) is 25.3 Å². The molecule has 0 fully saturated rings. The first kappa shape index (κ1) is 28.9. The molecule has 0 saturated heterocycles. The van der Waals surface area contributed by atoms with Crippen molar-refractivity contribution in [3.63, 3.8) is 0 Å². The average Bonchev–Trinajstić information content (AvgIpc) is 3.36. The lowest BCUT2D eigenvalue weighted by atomic mass is 10.1. The van der Waals surface area contributed by atoms with E-state index in [-0.39, 0.29) is 11.5 Å². The molecular weight excluding hydrogens is 532 g/mol. The molecule has 5 rings (SSSR count). The molecule has 9 nitrogen and oxygen atoms in total. The highest BCUT2D eigenvalue weighted by molar-refractivity contribution is 7.85. The van der Waals surface area contributed by atoms with Crippen molar-refractivity contribution in [1.29, 1.82) is 0 Å². The zero-order chi connectivity index (χ0) is 28.4. The topological polar surface area (TPSA) is 130 Å². The fourth-order valence-corrected chi connectivity index (χ4v) is 4.57. The van der Waals surface area contributed by atoms with Crippen LogP contribution >= 0.6 is 0 Å². The number of fused-ring (bicyclic) bond motifs is 3. The van der Waals surface area contributed by atoms with Crippen molar-refractivity contribution in [2.75, 3.05) is 33.4 Å². The maximum absolute atomic E-state index is 10.4. The monoisotopic (exact) mass is 564 g/mol. The lowest BCUT2D eigenvalue weighted by Crippen LogP contribution is -2.33. The Kier molecular flexibility index (Phi) is 9.98. The molecule has 0 aliphatic heterocycles. The van der Waals surface area contributed by atoms with Gasteiger partial charge in [-0.3, -0.25) is 4.55 Å². The Labute approximate surface area is 233 Å². The smallest absolute Gasteiger partial charge is 0.294 e. The van der Waals surface area contributed by atoms with E-state index < -0.39 is 16.2 Å². The predicted octanol–water partition coefficient (Wildman–Crippen LogP) is 4.67. The number of hydrogen-bond acceptors (Lipinski definition) is 7. The van der Waals surface area contributed by atoms with Crippen molar-refractivity contribution in [3.8, 4) is 17.2 Å². The van der Waals surface area contributed by atoms with Crippen LogP contribution in [-0.4, -0.2) is 62.6 Å². The second-order valence-corrected chi connectivity index (χ2v) is 10.2. The molecule has 0 amide bonds. The van der Waals surface area contributed by atoms with Gasteiger partial charge in [0.25, 0.3) is 10.1 Å². The molecule has 40 heavy (non-hydrogen) atoms. The van der Waals surface area contributed by atoms with Crippen molar-refractivity contribution >= 4 is 31.9 Å². The number of H-pyrrole nitrogens is 1. The molecule has 1 aromatic heterocycles. The summed E-state index contributed by atoms with van der Waals surface area (Å²) in [6, 6.07) is 29.0. The van der Waals surface area contributed by atoms with E-state index in [1.807, 2.05) is 60.7 Å². The number of benzene rings is 4. The van der Waals surface area contributed by atoms with Crippen molar-refractivity contribution in [3.05, 3.63) is 97.1 Å². The van der Waals surface area contributed by atoms with Gasteiger partial charge in [-0.1, -0.05) is 54.6 Å². The molecule has 0 aliphatic rings. The van der Waals surface area contributed by atoms with Gasteiger partial charge in [-0.25, -0.2) is 0 Å². The van der Waals surface area contributed by atoms with E-state index in [2.05, 4.69) is 16.4 Å². The minimum atomic E-state index is -4.00. The molecule has 1 unspecified atom stereocenters. The van der Waals surface area contributed by atoms with Crippen LogP contribution in [0.15, 0.2) is 102 Å². The molecule has 210 valence electrons. The van der Waals surface area contributed by atoms with Crippen LogP contribution in [0.2, 0.25) is 0 Å². The molecule has 4 N–H and O–H groups in total. The van der Waals surface area contributed by atoms with Crippen molar-refractivity contribution in [2.24, 2.45) is 0 Å². The number of nitrogens with one attached hydrogen (secondary N) is 2. The molecule has 10 heteroatoms. The highest BCUT2D eigenvalue weighted by Crippen LogP contribution is 2.33. The first-order chi connectivity index (χ1) is 19.4. The van der Waals surface area contributed by atoms with Crippen LogP contribution in [0.5, 0.6) is 17.2 Å². The molecule has 0 radical (unpaired) electrons. The summed E-state index contributed by atoms with van der Waals surface area (Å²) in [5.74, 6) is 2.18. The number of aromatic nitrogens is 1. The lowest BCUT2D eigenvalue weighted by Gasteiger charge is -2.15. The van der Waals surface area contributed by atoms with Gasteiger partial charge in [-0.15, -0.1) is 0 Å². The van der Waals surface area contributed by atoms with E-state index >= 15 is 0 Å². The van der Waals surface area contributed by atoms with Gasteiger partial charge in [0, 0.05) is 29.4 Å². The van der Waals surface area contributed by atoms with Gasteiger partial charge in [0.2, 0.25) is 0 Å². The first-order valence-corrected chi connectivity index (χ1v) is 14.1. The minimum Gasteiger partial charge on any atom is -0.493 e. The Morgan fingerprint density at radius 3 is 2.17 bits per heavy atom. The molecule has 0 spiro atoms. The van der Waals surface area contributed by atoms with Crippen molar-refractivity contribution < 1.29 is 32.3 Å². The van der Waals surface area contributed by atoms with Crippen LogP contribution in [0, 0.1) is 0 Å². The van der Waals surface area contributed by atoms with Crippen LogP contribution < -0.4 is 19.5 Å². The van der Waals surface area contributed by atoms with Gasteiger partial charge in [0.15, 0.2) is 11.5 Å². The van der Waals surface area contributed by atoms with Gasteiger partial charge < -0.3 is 29.6 Å². The summed E-state index contributed by atoms with van der Waals surface area (Å²) < 4.78 is 46.2. The van der Waals surface area contributed by atoms with E-state index in [4.69, 9.17) is 18.8 Å². The third-order valence-electron chi connectivity index (χ3n) is 5.95. The Balaban J connectivity index is 0.000000312. The number of hydrogen-bond donors (Lipinski definition) is 4. The number of aliphatic hydroxyl groups is 1. The summed E-state index contributed by atoms with van der Waals surface area (Å²) in [6.07, 6.45) is -0.628. The normalized spacial score (nSPS) is 12.0. The molecule has 4 aromatic carbocycles. The SMILES string of the molecule is COc1ccccc1OCCNCC(O)COc1cccc2[nH]c3ccccc3c12.O=S(=O)(O)c1ccccc1. The van der Waals surface area contributed by atoms with Crippen molar-refractivity contribution in [2.45, 2.75) is 11.0 Å². The molecule has 0 bridgehead atoms. The summed E-state index contributed by atoms with van der Waals surface area (Å²) in [4.78, 5) is 3.32. The third-order valence-corrected chi connectivity index (χ3v) is 6.82. The number of rotatable bonds is 11. The Bertz CT molecular complexity index is 1620. The summed E-state index contributed by atoms with van der Waals surface area (Å²) in [5.41, 5.74) is 2.09. The molecule has 0 aliphatic carbocycles. The summed E-state index contributed by atoms with van der Waals surface area (Å²) in [6.45, 7) is 1.70. The van der Waals surface area contributed by atoms with Crippen LogP contribution in [0.25, 0.3) is 21.8 Å². The van der Waals surface area contributed by atoms with E-state index in [0.717, 1.165) is 27.6 Å². The number of methoxy groups -OCH3 is 1. The lowest BCUT2D eigenvalue weighted by molar-refractivity contribution is 0.106. The van der Waals surface area contributed by atoms with Gasteiger partial charge in [0.1, 0.15) is 25.1 Å². The fourth-order valence-electron chi connectivity index (χ4n) is 4.07. The predicted molar refractivity (Wildman–Crippen MR) is 155 cm³/mol. The highest BCUT2D eigenvalue weighted by atomic mass is 32.2. The second kappa shape index (κ2) is 13.8. The van der Waals surface area contributed by atoms with Crippen LogP contribution in [0.4, 0.5) is 0 Å². The number of ether oxygens (including phenoxy) is 3. The standard InChI is InChI=1S/C24H26N2O4.C6H6O3S/c1-28-21-10-4-5-11-22(21)29-14-13-25-15-17(27)16-30-23-12-6-9-20-24(23)18-7-2-3-8-19(18)26-20;7-10(8,9)6-4-2-1-3-5-6/h2-12,17,25-27H,13-16H2,1H3;1-5H,(H,7,8,9). The van der Waals surface area contributed by atoms with E-state index in [1.165, 1.54) is 12.1 Å². The zero-order valence-corrected chi connectivity index (χ0v) is 22.8. The minimum absolute atomic E-state index is 0.0741. The van der Waals surface area contributed by atoms with Gasteiger partial charge in [-0.2, -0.15) is 8.42 Å². The number of para-hydroxylation sites is 3. The molecule has 5 aromatic rings. The van der Waals surface area contributed by atoms with Crippen LogP contribution in [-0.2, 0) is 10.1 Å². The molecular formula is C30H32N2O7S. The Hall–Kier alpha value is -4.09. The summed E-state index contributed by atoms with van der Waals surface area (Å²) in [5, 5.41) is 15.6. The van der Waals surface area contributed by atoms with Gasteiger partial charge in [-0.05, 0) is 42.5 Å². The van der Waals surface area contributed by atoms with Gasteiger partial charge in [0.05, 0.1) is 17.5 Å². The fraction of sp³-hybridized carbons (Fsp3) is 0.200. The quantitative estimate of drug-likeness (QED) is 0.135. The summed E-state index contributed by atoms with van der Waals surface area (Å²) >= 11 is 0. The molecule has 1 atom stereocenters. The van der Waals surface area contributed by atoms with Crippen LogP contribution in [0.1, 0.15) is 0 Å². The van der Waals surface area contributed by atoms with E-state index in [9.17, 15) is 13.5 Å². The Morgan fingerprint density at radius 1 is 0.800 bits per heavy atom. The second-order valence-electron chi connectivity index (χ2n) is 8.81.